The highest BCUT2D eigenvalue weighted by Crippen LogP contribution is 2.18. The summed E-state index contributed by atoms with van der Waals surface area (Å²) in [6, 6.07) is 6.87. The highest BCUT2D eigenvalue weighted by Gasteiger charge is 2.32. The fraction of sp³-hybridized carbons (Fsp3) is 0.429. The molecule has 0 spiro atoms. The maximum absolute atomic E-state index is 9.82. The van der Waals surface area contributed by atoms with Gasteiger partial charge in [0.2, 0.25) is 0 Å². The van der Waals surface area contributed by atoms with E-state index >= 15 is 0 Å². The van der Waals surface area contributed by atoms with E-state index in [1.807, 2.05) is 0 Å². The van der Waals surface area contributed by atoms with Gasteiger partial charge in [-0.2, -0.15) is 0 Å². The highest BCUT2D eigenvalue weighted by molar-refractivity contribution is 6.17. The Morgan fingerprint density at radius 2 is 1.71 bits per heavy atom. The third kappa shape index (κ3) is 4.67. The molecule has 0 amide bonds. The van der Waals surface area contributed by atoms with Crippen molar-refractivity contribution in [1.29, 1.82) is 0 Å². The first-order chi connectivity index (χ1) is 9.92. The predicted octanol–water partition coefficient (Wildman–Crippen LogP) is -0.240. The zero-order valence-electron chi connectivity index (χ0n) is 11.2. The van der Waals surface area contributed by atoms with Crippen LogP contribution in [0.3, 0.4) is 0 Å². The van der Waals surface area contributed by atoms with Gasteiger partial charge in [0, 0.05) is 5.88 Å². The van der Waals surface area contributed by atoms with Gasteiger partial charge in [0.15, 0.2) is 0 Å². The first-order valence-corrected chi connectivity index (χ1v) is 6.83. The Morgan fingerprint density at radius 1 is 1.10 bits per heavy atom. The molecule has 0 bridgehead atoms. The van der Waals surface area contributed by atoms with E-state index in [9.17, 15) is 25.5 Å². The average Bonchev–Trinajstić information content (AvgIpc) is 2.52. The zero-order chi connectivity index (χ0) is 16.0. The van der Waals surface area contributed by atoms with Crippen molar-refractivity contribution in [3.05, 3.63) is 41.2 Å². The van der Waals surface area contributed by atoms with Crippen LogP contribution in [-0.4, -0.2) is 61.7 Å². The molecule has 1 aromatic rings. The van der Waals surface area contributed by atoms with Crippen LogP contribution in [0.2, 0.25) is 0 Å². The fourth-order valence-corrected chi connectivity index (χ4v) is 1.98. The normalized spacial score (nSPS) is 18.1. The Kier molecular flexibility index (Phi) is 7.10. The van der Waals surface area contributed by atoms with E-state index in [0.717, 1.165) is 0 Å². The van der Waals surface area contributed by atoms with Gasteiger partial charge in [0.1, 0.15) is 30.2 Å². The molecule has 0 aromatic heterocycles. The van der Waals surface area contributed by atoms with Crippen LogP contribution in [0.4, 0.5) is 0 Å². The number of hydrogen-bond acceptors (Lipinski definition) is 6. The molecule has 7 heteroatoms. The van der Waals surface area contributed by atoms with Crippen molar-refractivity contribution in [3.63, 3.8) is 0 Å². The SMILES string of the molecule is OC[C@H](O)[C@@H](O)[C@@H](O)[C@@H](O)/C(O)=C/c1ccccc1CCl. The van der Waals surface area contributed by atoms with Gasteiger partial charge in [-0.1, -0.05) is 24.3 Å². The molecule has 0 aliphatic rings. The van der Waals surface area contributed by atoms with Crippen molar-refractivity contribution in [3.8, 4) is 0 Å². The van der Waals surface area contributed by atoms with Crippen LogP contribution in [0, 0.1) is 0 Å². The molecule has 6 N–H and O–H groups in total. The Bertz CT molecular complexity index is 478. The lowest BCUT2D eigenvalue weighted by Crippen LogP contribution is -2.46. The molecule has 0 saturated carbocycles. The van der Waals surface area contributed by atoms with Gasteiger partial charge in [-0.05, 0) is 17.2 Å². The second kappa shape index (κ2) is 8.33. The number of benzene rings is 1. The van der Waals surface area contributed by atoms with E-state index in [-0.39, 0.29) is 5.88 Å². The standard InChI is InChI=1S/C14H19ClO6/c15-6-9-4-2-1-3-8(9)5-10(17)12(19)14(21)13(20)11(18)7-16/h1-5,11-14,16-21H,6-7H2/b10-5-/t11-,12-,13+,14-/m0/s1. The molecule has 0 unspecified atom stereocenters. The fourth-order valence-electron chi connectivity index (χ4n) is 1.74. The van der Waals surface area contributed by atoms with E-state index in [2.05, 4.69) is 0 Å². The summed E-state index contributed by atoms with van der Waals surface area (Å²) in [5, 5.41) is 56.6. The summed E-state index contributed by atoms with van der Waals surface area (Å²) in [4.78, 5) is 0. The molecule has 4 atom stereocenters. The van der Waals surface area contributed by atoms with Crippen molar-refractivity contribution in [2.45, 2.75) is 30.3 Å². The summed E-state index contributed by atoms with van der Waals surface area (Å²) < 4.78 is 0. The highest BCUT2D eigenvalue weighted by atomic mass is 35.5. The molecular weight excluding hydrogens is 300 g/mol. The number of halogens is 1. The summed E-state index contributed by atoms with van der Waals surface area (Å²) >= 11 is 5.74. The summed E-state index contributed by atoms with van der Waals surface area (Å²) in [6.07, 6.45) is -5.89. The lowest BCUT2D eigenvalue weighted by atomic mass is 10.00. The zero-order valence-corrected chi connectivity index (χ0v) is 11.9. The van der Waals surface area contributed by atoms with Crippen LogP contribution in [0.5, 0.6) is 0 Å². The molecule has 1 rings (SSSR count). The molecular formula is C14H19ClO6. The van der Waals surface area contributed by atoms with Crippen LogP contribution in [0.25, 0.3) is 6.08 Å². The first-order valence-electron chi connectivity index (χ1n) is 6.30. The second-order valence-corrected chi connectivity index (χ2v) is 4.84. The predicted molar refractivity (Wildman–Crippen MR) is 77.7 cm³/mol. The number of rotatable bonds is 7. The molecule has 0 fully saturated rings. The van der Waals surface area contributed by atoms with E-state index in [1.165, 1.54) is 6.08 Å². The minimum Gasteiger partial charge on any atom is -0.509 e. The minimum absolute atomic E-state index is 0.199. The third-order valence-electron chi connectivity index (χ3n) is 3.06. The lowest BCUT2D eigenvalue weighted by molar-refractivity contribution is -0.112. The van der Waals surface area contributed by atoms with Crippen LogP contribution in [-0.2, 0) is 5.88 Å². The Hall–Kier alpha value is -1.15. The van der Waals surface area contributed by atoms with Crippen LogP contribution >= 0.6 is 11.6 Å². The number of hydrogen-bond donors (Lipinski definition) is 6. The largest absolute Gasteiger partial charge is 0.509 e. The average molecular weight is 319 g/mol. The van der Waals surface area contributed by atoms with Gasteiger partial charge in [-0.3, -0.25) is 0 Å². The quantitative estimate of drug-likeness (QED) is 0.305. The second-order valence-electron chi connectivity index (χ2n) is 4.58. The molecule has 0 saturated heterocycles. The van der Waals surface area contributed by atoms with E-state index in [4.69, 9.17) is 16.7 Å². The topological polar surface area (TPSA) is 121 Å². The van der Waals surface area contributed by atoms with E-state index in [1.54, 1.807) is 24.3 Å². The smallest absolute Gasteiger partial charge is 0.139 e. The van der Waals surface area contributed by atoms with Crippen molar-refractivity contribution in [2.24, 2.45) is 0 Å². The van der Waals surface area contributed by atoms with Crippen molar-refractivity contribution >= 4 is 17.7 Å². The summed E-state index contributed by atoms with van der Waals surface area (Å²) in [5.41, 5.74) is 1.26. The maximum Gasteiger partial charge on any atom is 0.139 e. The molecule has 0 aliphatic heterocycles. The molecule has 0 aliphatic carbocycles. The van der Waals surface area contributed by atoms with Crippen LogP contribution < -0.4 is 0 Å². The molecule has 1 aromatic carbocycles. The summed E-state index contributed by atoms with van der Waals surface area (Å²) in [6.45, 7) is -0.787. The van der Waals surface area contributed by atoms with Gasteiger partial charge in [-0.25, -0.2) is 0 Å². The van der Waals surface area contributed by atoms with Gasteiger partial charge in [0.05, 0.1) is 6.61 Å². The van der Waals surface area contributed by atoms with Gasteiger partial charge in [0.25, 0.3) is 0 Å². The maximum atomic E-state index is 9.82. The van der Waals surface area contributed by atoms with Gasteiger partial charge >= 0.3 is 0 Å². The van der Waals surface area contributed by atoms with Crippen molar-refractivity contribution < 1.29 is 30.6 Å². The Labute approximate surface area is 127 Å². The minimum atomic E-state index is -1.86. The number of aliphatic hydroxyl groups is 6. The third-order valence-corrected chi connectivity index (χ3v) is 3.35. The van der Waals surface area contributed by atoms with Crippen molar-refractivity contribution in [1.82, 2.24) is 0 Å². The van der Waals surface area contributed by atoms with Gasteiger partial charge < -0.3 is 30.6 Å². The van der Waals surface area contributed by atoms with Gasteiger partial charge in [-0.15, -0.1) is 11.6 Å². The van der Waals surface area contributed by atoms with Crippen LogP contribution in [0.1, 0.15) is 11.1 Å². The molecule has 0 heterocycles. The first kappa shape index (κ1) is 17.9. The summed E-state index contributed by atoms with van der Waals surface area (Å²) in [7, 11) is 0. The number of alkyl halides is 1. The monoisotopic (exact) mass is 318 g/mol. The lowest BCUT2D eigenvalue weighted by Gasteiger charge is -2.25. The molecule has 21 heavy (non-hydrogen) atoms. The Balaban J connectivity index is 2.91. The van der Waals surface area contributed by atoms with E-state index in [0.29, 0.717) is 11.1 Å². The molecule has 6 nitrogen and oxygen atoms in total. The molecule has 118 valence electrons. The molecule has 0 radical (unpaired) electrons. The van der Waals surface area contributed by atoms with Crippen molar-refractivity contribution in [2.75, 3.05) is 6.61 Å². The van der Waals surface area contributed by atoms with E-state index < -0.39 is 36.8 Å². The number of aliphatic hydroxyl groups excluding tert-OH is 6. The Morgan fingerprint density at radius 3 is 2.29 bits per heavy atom. The summed E-state index contributed by atoms with van der Waals surface area (Å²) in [5.74, 6) is -0.394. The van der Waals surface area contributed by atoms with Crippen LogP contribution in [0.15, 0.2) is 30.0 Å².